The molecular formula is C21H27NO. The lowest BCUT2D eigenvalue weighted by Crippen LogP contribution is -2.39. The third-order valence-electron chi connectivity index (χ3n) is 5.05. The van der Waals surface area contributed by atoms with Crippen LogP contribution >= 0.6 is 0 Å². The number of piperidine rings is 1. The van der Waals surface area contributed by atoms with E-state index >= 15 is 0 Å². The summed E-state index contributed by atoms with van der Waals surface area (Å²) in [5, 5.41) is 9.88. The van der Waals surface area contributed by atoms with Crippen LogP contribution in [0.4, 0.5) is 0 Å². The molecule has 1 aliphatic rings. The third kappa shape index (κ3) is 3.82. The lowest BCUT2D eigenvalue weighted by molar-refractivity contribution is 0.0494. The minimum Gasteiger partial charge on any atom is -0.396 e. The van der Waals surface area contributed by atoms with Gasteiger partial charge in [0.25, 0.3) is 0 Å². The Hall–Kier alpha value is -1.64. The van der Waals surface area contributed by atoms with E-state index in [1.54, 1.807) is 0 Å². The van der Waals surface area contributed by atoms with E-state index in [-0.39, 0.29) is 6.61 Å². The average molecular weight is 309 g/mol. The molecule has 0 saturated carbocycles. The van der Waals surface area contributed by atoms with Gasteiger partial charge in [0.2, 0.25) is 0 Å². The largest absolute Gasteiger partial charge is 0.396 e. The summed E-state index contributed by atoms with van der Waals surface area (Å²) < 4.78 is 0. The van der Waals surface area contributed by atoms with Crippen molar-refractivity contribution in [1.82, 2.24) is 4.90 Å². The van der Waals surface area contributed by atoms with Crippen molar-refractivity contribution in [3.8, 4) is 0 Å². The Morgan fingerprint density at radius 1 is 1.00 bits per heavy atom. The number of hydrogen-bond donors (Lipinski definition) is 1. The maximum Gasteiger partial charge on any atom is 0.0477 e. The molecule has 2 aromatic rings. The fourth-order valence-electron chi connectivity index (χ4n) is 3.77. The quantitative estimate of drug-likeness (QED) is 0.895. The van der Waals surface area contributed by atoms with E-state index in [2.05, 4.69) is 66.4 Å². The molecule has 2 aromatic carbocycles. The highest BCUT2D eigenvalue weighted by atomic mass is 16.3. The van der Waals surface area contributed by atoms with Gasteiger partial charge in [-0.15, -0.1) is 0 Å². The molecule has 0 aliphatic carbocycles. The summed E-state index contributed by atoms with van der Waals surface area (Å²) in [6, 6.07) is 20.0. The molecule has 3 rings (SSSR count). The molecule has 1 fully saturated rings. The van der Waals surface area contributed by atoms with Crippen molar-refractivity contribution < 1.29 is 5.11 Å². The number of aliphatic hydroxyl groups excluding tert-OH is 1. The van der Waals surface area contributed by atoms with Gasteiger partial charge in [0.1, 0.15) is 0 Å². The average Bonchev–Trinajstić information content (AvgIpc) is 2.62. The van der Waals surface area contributed by atoms with Gasteiger partial charge in [-0.3, -0.25) is 4.90 Å². The molecule has 2 atom stereocenters. The Morgan fingerprint density at radius 3 is 2.39 bits per heavy atom. The van der Waals surface area contributed by atoms with Crippen LogP contribution in [-0.2, 0) is 13.0 Å². The van der Waals surface area contributed by atoms with E-state index in [9.17, 15) is 5.11 Å². The fourth-order valence-corrected chi connectivity index (χ4v) is 3.77. The Kier molecular flexibility index (Phi) is 5.47. The van der Waals surface area contributed by atoms with Gasteiger partial charge in [0.15, 0.2) is 0 Å². The van der Waals surface area contributed by atoms with Crippen molar-refractivity contribution in [2.24, 2.45) is 5.92 Å². The number of likely N-dealkylation sites (tertiary alicyclic amines) is 1. The van der Waals surface area contributed by atoms with Gasteiger partial charge in [0.05, 0.1) is 0 Å². The maximum atomic E-state index is 9.88. The molecule has 1 saturated heterocycles. The van der Waals surface area contributed by atoms with Gasteiger partial charge >= 0.3 is 0 Å². The molecule has 0 aromatic heterocycles. The van der Waals surface area contributed by atoms with Crippen LogP contribution in [0.5, 0.6) is 0 Å². The zero-order valence-corrected chi connectivity index (χ0v) is 14.0. The van der Waals surface area contributed by atoms with Gasteiger partial charge < -0.3 is 5.11 Å². The molecule has 2 nitrogen and oxygen atoms in total. The second-order valence-electron chi connectivity index (χ2n) is 6.58. The van der Waals surface area contributed by atoms with Crippen molar-refractivity contribution in [1.29, 1.82) is 0 Å². The maximum absolute atomic E-state index is 9.88. The Balaban J connectivity index is 1.85. The smallest absolute Gasteiger partial charge is 0.0477 e. The van der Waals surface area contributed by atoms with Gasteiger partial charge in [-0.25, -0.2) is 0 Å². The van der Waals surface area contributed by atoms with Gasteiger partial charge in [-0.2, -0.15) is 0 Å². The zero-order valence-electron chi connectivity index (χ0n) is 14.0. The normalized spacial score (nSPS) is 22.2. The monoisotopic (exact) mass is 309 g/mol. The molecule has 0 radical (unpaired) electrons. The van der Waals surface area contributed by atoms with Crippen molar-refractivity contribution in [3.05, 3.63) is 71.3 Å². The number of benzene rings is 2. The van der Waals surface area contributed by atoms with E-state index in [4.69, 9.17) is 0 Å². The standard InChI is InChI=1S/C21H27NO/c1-2-17-10-12-19(13-11-17)21-20(16-23)9-6-14-22(21)15-18-7-4-3-5-8-18/h3-5,7-8,10-13,20-21,23H,2,6,9,14-16H2,1H3. The lowest BCUT2D eigenvalue weighted by Gasteiger charge is -2.41. The van der Waals surface area contributed by atoms with Crippen LogP contribution in [0, 0.1) is 5.92 Å². The summed E-state index contributed by atoms with van der Waals surface area (Å²) in [6.07, 6.45) is 3.35. The topological polar surface area (TPSA) is 23.5 Å². The second kappa shape index (κ2) is 7.76. The highest BCUT2D eigenvalue weighted by Crippen LogP contribution is 2.36. The molecule has 2 unspecified atom stereocenters. The number of nitrogens with zero attached hydrogens (tertiary/aromatic N) is 1. The van der Waals surface area contributed by atoms with Gasteiger partial charge in [-0.05, 0) is 42.5 Å². The molecule has 23 heavy (non-hydrogen) atoms. The summed E-state index contributed by atoms with van der Waals surface area (Å²) in [4.78, 5) is 2.54. The van der Waals surface area contributed by atoms with Crippen LogP contribution in [0.3, 0.4) is 0 Å². The molecule has 0 spiro atoms. The molecular weight excluding hydrogens is 282 g/mol. The summed E-state index contributed by atoms with van der Waals surface area (Å²) in [5.74, 6) is 0.333. The fraction of sp³-hybridized carbons (Fsp3) is 0.429. The predicted octanol–water partition coefficient (Wildman–Crippen LogP) is 4.19. The first-order chi connectivity index (χ1) is 11.3. The van der Waals surface area contributed by atoms with Gasteiger partial charge in [0, 0.05) is 25.1 Å². The van der Waals surface area contributed by atoms with E-state index in [1.807, 2.05) is 0 Å². The lowest BCUT2D eigenvalue weighted by atomic mass is 9.84. The minimum absolute atomic E-state index is 0.269. The van der Waals surface area contributed by atoms with Crippen LogP contribution in [0.1, 0.15) is 42.5 Å². The summed E-state index contributed by atoms with van der Waals surface area (Å²) in [7, 11) is 0. The number of hydrogen-bond acceptors (Lipinski definition) is 2. The minimum atomic E-state index is 0.269. The SMILES string of the molecule is CCc1ccc(C2C(CO)CCCN2Cc2ccccc2)cc1. The van der Waals surface area contributed by atoms with E-state index in [0.29, 0.717) is 12.0 Å². The highest BCUT2D eigenvalue weighted by molar-refractivity contribution is 5.26. The zero-order chi connectivity index (χ0) is 16.1. The van der Waals surface area contributed by atoms with Crippen molar-refractivity contribution in [3.63, 3.8) is 0 Å². The molecule has 1 heterocycles. The molecule has 1 N–H and O–H groups in total. The Labute approximate surface area is 139 Å². The van der Waals surface area contributed by atoms with Crippen LogP contribution in [0.25, 0.3) is 0 Å². The third-order valence-corrected chi connectivity index (χ3v) is 5.05. The van der Waals surface area contributed by atoms with Crippen LogP contribution in [-0.4, -0.2) is 23.2 Å². The van der Waals surface area contributed by atoms with Gasteiger partial charge in [-0.1, -0.05) is 61.5 Å². The number of rotatable bonds is 5. The Bertz CT molecular complexity index is 593. The van der Waals surface area contributed by atoms with Crippen molar-refractivity contribution in [2.75, 3.05) is 13.2 Å². The van der Waals surface area contributed by atoms with E-state index in [0.717, 1.165) is 25.9 Å². The first-order valence-electron chi connectivity index (χ1n) is 8.79. The highest BCUT2D eigenvalue weighted by Gasteiger charge is 2.32. The van der Waals surface area contributed by atoms with Crippen LogP contribution < -0.4 is 0 Å². The second-order valence-corrected chi connectivity index (χ2v) is 6.58. The van der Waals surface area contributed by atoms with Crippen LogP contribution in [0.2, 0.25) is 0 Å². The number of aryl methyl sites for hydroxylation is 1. The van der Waals surface area contributed by atoms with E-state index in [1.165, 1.54) is 23.1 Å². The Morgan fingerprint density at radius 2 is 1.74 bits per heavy atom. The summed E-state index contributed by atoms with van der Waals surface area (Å²) in [6.45, 7) is 4.52. The summed E-state index contributed by atoms with van der Waals surface area (Å²) >= 11 is 0. The summed E-state index contributed by atoms with van der Waals surface area (Å²) in [5.41, 5.74) is 4.07. The molecule has 1 aliphatic heterocycles. The molecule has 0 amide bonds. The van der Waals surface area contributed by atoms with Crippen molar-refractivity contribution in [2.45, 2.75) is 38.8 Å². The molecule has 0 bridgehead atoms. The van der Waals surface area contributed by atoms with Crippen molar-refractivity contribution >= 4 is 0 Å². The molecule has 2 heteroatoms. The van der Waals surface area contributed by atoms with Crippen LogP contribution in [0.15, 0.2) is 54.6 Å². The first kappa shape index (κ1) is 16.2. The predicted molar refractivity (Wildman–Crippen MR) is 95.2 cm³/mol. The van der Waals surface area contributed by atoms with E-state index < -0.39 is 0 Å². The first-order valence-corrected chi connectivity index (χ1v) is 8.79. The number of aliphatic hydroxyl groups is 1. The molecule has 122 valence electrons.